The number of amides is 1. The van der Waals surface area contributed by atoms with E-state index in [1.54, 1.807) is 13.3 Å². The monoisotopic (exact) mass is 437 g/mol. The van der Waals surface area contributed by atoms with Crippen molar-refractivity contribution >= 4 is 22.8 Å². The highest BCUT2D eigenvalue weighted by atomic mass is 16.5. The molecule has 0 saturated carbocycles. The summed E-state index contributed by atoms with van der Waals surface area (Å²) in [6.07, 6.45) is 3.03. The van der Waals surface area contributed by atoms with Crippen molar-refractivity contribution < 1.29 is 14.3 Å². The lowest BCUT2D eigenvalue weighted by atomic mass is 9.77. The molecule has 0 aliphatic rings. The maximum absolute atomic E-state index is 13.4. The quantitative estimate of drug-likeness (QED) is 0.268. The van der Waals surface area contributed by atoms with E-state index in [4.69, 9.17) is 20.6 Å². The molecule has 1 atom stereocenters. The lowest BCUT2D eigenvalue weighted by Crippen LogP contribution is -2.48. The third-order valence-electron chi connectivity index (χ3n) is 5.94. The molecule has 4 N–H and O–H groups in total. The first-order valence-corrected chi connectivity index (χ1v) is 10.6. The third kappa shape index (κ3) is 4.60. The Morgan fingerprint density at radius 1 is 1.22 bits per heavy atom. The number of carbonyl (C=O) groups is 1. The second-order valence-electron chi connectivity index (χ2n) is 8.01. The number of ether oxygens (including phenoxy) is 2. The molecule has 32 heavy (non-hydrogen) atoms. The molecule has 0 radical (unpaired) electrons. The number of nitrogens with zero attached hydrogens (tertiary/aromatic N) is 2. The van der Waals surface area contributed by atoms with Crippen molar-refractivity contribution in [2.24, 2.45) is 5.73 Å². The van der Waals surface area contributed by atoms with Crippen molar-refractivity contribution in [3.05, 3.63) is 48.2 Å². The van der Waals surface area contributed by atoms with Crippen molar-refractivity contribution in [1.29, 1.82) is 5.41 Å². The number of likely N-dealkylation sites (N-methyl/N-ethyl adjacent to an activating group) is 1. The van der Waals surface area contributed by atoms with Crippen LogP contribution in [0.4, 0.5) is 0 Å². The van der Waals surface area contributed by atoms with Gasteiger partial charge in [-0.25, -0.2) is 0 Å². The molecule has 0 spiro atoms. The smallest absolute Gasteiger partial charge is 0.239 e. The SMILES string of the molecule is CC[C@@](C)(C(=O)N(C)C(=N)N)c1cc(-c2ccc3cn[nH]c3c2)ccc1OCCCOC. The van der Waals surface area contributed by atoms with Gasteiger partial charge in [0.2, 0.25) is 5.91 Å². The summed E-state index contributed by atoms with van der Waals surface area (Å²) < 4.78 is 11.2. The molecule has 2 aromatic carbocycles. The molecule has 3 rings (SSSR count). The second kappa shape index (κ2) is 9.82. The van der Waals surface area contributed by atoms with Gasteiger partial charge in [0.25, 0.3) is 0 Å². The number of nitrogens with two attached hydrogens (primary N) is 1. The van der Waals surface area contributed by atoms with Gasteiger partial charge in [-0.05, 0) is 42.7 Å². The number of methoxy groups -OCH3 is 1. The minimum Gasteiger partial charge on any atom is -0.493 e. The molecule has 1 amide bonds. The summed E-state index contributed by atoms with van der Waals surface area (Å²) >= 11 is 0. The van der Waals surface area contributed by atoms with E-state index in [1.807, 2.05) is 50.2 Å². The normalized spacial score (nSPS) is 13.0. The molecule has 3 aromatic rings. The van der Waals surface area contributed by atoms with Crippen LogP contribution in [0.25, 0.3) is 22.0 Å². The number of rotatable bonds is 9. The Morgan fingerprint density at radius 2 is 1.94 bits per heavy atom. The van der Waals surface area contributed by atoms with Crippen molar-refractivity contribution in [3.8, 4) is 16.9 Å². The lowest BCUT2D eigenvalue weighted by molar-refractivity contribution is -0.132. The van der Waals surface area contributed by atoms with Gasteiger partial charge < -0.3 is 15.2 Å². The zero-order valence-electron chi connectivity index (χ0n) is 19.1. The molecule has 0 unspecified atom stereocenters. The Labute approximate surface area is 188 Å². The Hall–Kier alpha value is -3.39. The number of aromatic amines is 1. The summed E-state index contributed by atoms with van der Waals surface area (Å²) in [5.74, 6) is 0.0932. The number of nitrogens with one attached hydrogen (secondary N) is 2. The predicted molar refractivity (Wildman–Crippen MR) is 126 cm³/mol. The van der Waals surface area contributed by atoms with Gasteiger partial charge in [-0.15, -0.1) is 0 Å². The highest BCUT2D eigenvalue weighted by molar-refractivity contribution is 6.00. The number of H-pyrrole nitrogens is 1. The molecule has 1 aromatic heterocycles. The molecule has 1 heterocycles. The van der Waals surface area contributed by atoms with E-state index in [-0.39, 0.29) is 11.9 Å². The predicted octanol–water partition coefficient (Wildman–Crippen LogP) is 3.66. The number of aromatic nitrogens is 2. The molecule has 0 saturated heterocycles. The Balaban J connectivity index is 2.08. The van der Waals surface area contributed by atoms with Gasteiger partial charge in [-0.2, -0.15) is 5.10 Å². The second-order valence-corrected chi connectivity index (χ2v) is 8.01. The molecule has 8 heteroatoms. The molecular weight excluding hydrogens is 406 g/mol. The summed E-state index contributed by atoms with van der Waals surface area (Å²) in [5, 5.41) is 15.8. The minimum atomic E-state index is -0.925. The Bertz CT molecular complexity index is 1110. The highest BCUT2D eigenvalue weighted by Crippen LogP contribution is 2.39. The number of carbonyl (C=O) groups excluding carboxylic acids is 1. The summed E-state index contributed by atoms with van der Waals surface area (Å²) in [6, 6.07) is 12.0. The molecule has 8 nitrogen and oxygen atoms in total. The standard InChI is InChI=1S/C24H31N5O3/c1-5-24(2,22(30)29(3)23(25)26)19-13-16(9-10-21(19)32-12-6-11-31-4)17-7-8-18-15-27-28-20(18)14-17/h7-10,13-15H,5-6,11-12H2,1-4H3,(H3,25,26)(H,27,28)/t24-/m1/s1. The van der Waals surface area contributed by atoms with Crippen LogP contribution in [-0.4, -0.2) is 54.3 Å². The number of guanidine groups is 1. The van der Waals surface area contributed by atoms with Crippen LogP contribution in [0.3, 0.4) is 0 Å². The van der Waals surface area contributed by atoms with E-state index in [1.165, 1.54) is 11.9 Å². The van der Waals surface area contributed by atoms with Gasteiger partial charge in [0.15, 0.2) is 5.96 Å². The largest absolute Gasteiger partial charge is 0.493 e. The van der Waals surface area contributed by atoms with Crippen LogP contribution in [0.15, 0.2) is 42.6 Å². The number of hydrogen-bond donors (Lipinski definition) is 3. The Kier molecular flexibility index (Phi) is 7.15. The van der Waals surface area contributed by atoms with Gasteiger partial charge in [0.05, 0.1) is 23.7 Å². The first kappa shape index (κ1) is 23.3. The van der Waals surface area contributed by atoms with E-state index < -0.39 is 5.41 Å². The topological polar surface area (TPSA) is 117 Å². The zero-order chi connectivity index (χ0) is 23.3. The first-order chi connectivity index (χ1) is 15.3. The molecule has 0 fully saturated rings. The van der Waals surface area contributed by atoms with Gasteiger partial charge >= 0.3 is 0 Å². The summed E-state index contributed by atoms with van der Waals surface area (Å²) in [6.45, 7) is 4.88. The fourth-order valence-electron chi connectivity index (χ4n) is 3.71. The van der Waals surface area contributed by atoms with Crippen LogP contribution < -0.4 is 10.5 Å². The maximum Gasteiger partial charge on any atom is 0.239 e. The van der Waals surface area contributed by atoms with Gasteiger partial charge in [0.1, 0.15) is 5.75 Å². The van der Waals surface area contributed by atoms with Crippen molar-refractivity contribution in [3.63, 3.8) is 0 Å². The molecule has 0 aliphatic heterocycles. The summed E-state index contributed by atoms with van der Waals surface area (Å²) in [4.78, 5) is 14.6. The highest BCUT2D eigenvalue weighted by Gasteiger charge is 2.39. The van der Waals surface area contributed by atoms with Gasteiger partial charge in [0, 0.05) is 38.1 Å². The van der Waals surface area contributed by atoms with Crippen LogP contribution in [0.1, 0.15) is 32.3 Å². The molecule has 0 aliphatic carbocycles. The molecule has 0 bridgehead atoms. The first-order valence-electron chi connectivity index (χ1n) is 10.6. The Morgan fingerprint density at radius 3 is 2.62 bits per heavy atom. The van der Waals surface area contributed by atoms with E-state index in [0.29, 0.717) is 25.4 Å². The van der Waals surface area contributed by atoms with Crippen LogP contribution in [-0.2, 0) is 14.9 Å². The average molecular weight is 438 g/mol. The minimum absolute atomic E-state index is 0.254. The van der Waals surface area contributed by atoms with Gasteiger partial charge in [-0.1, -0.05) is 25.1 Å². The summed E-state index contributed by atoms with van der Waals surface area (Å²) in [5.41, 5.74) is 8.35. The molecule has 170 valence electrons. The van der Waals surface area contributed by atoms with E-state index >= 15 is 0 Å². The fourth-order valence-corrected chi connectivity index (χ4v) is 3.71. The maximum atomic E-state index is 13.4. The van der Waals surface area contributed by atoms with E-state index in [9.17, 15) is 4.79 Å². The van der Waals surface area contributed by atoms with Crippen molar-refractivity contribution in [2.75, 3.05) is 27.4 Å². The molecular formula is C24H31N5O3. The number of fused-ring (bicyclic) bond motifs is 1. The summed E-state index contributed by atoms with van der Waals surface area (Å²) in [7, 11) is 3.18. The van der Waals surface area contributed by atoms with E-state index in [2.05, 4.69) is 10.2 Å². The van der Waals surface area contributed by atoms with Crippen molar-refractivity contribution in [1.82, 2.24) is 15.1 Å². The van der Waals surface area contributed by atoms with Gasteiger partial charge in [-0.3, -0.25) is 20.2 Å². The van der Waals surface area contributed by atoms with Crippen molar-refractivity contribution in [2.45, 2.75) is 32.1 Å². The fraction of sp³-hybridized carbons (Fsp3) is 0.375. The number of hydrogen-bond acceptors (Lipinski definition) is 5. The lowest BCUT2D eigenvalue weighted by Gasteiger charge is -2.33. The van der Waals surface area contributed by atoms with Crippen LogP contribution in [0.5, 0.6) is 5.75 Å². The average Bonchev–Trinajstić information content (AvgIpc) is 3.28. The third-order valence-corrected chi connectivity index (χ3v) is 5.94. The van der Waals surface area contributed by atoms with Crippen LogP contribution in [0.2, 0.25) is 0 Å². The zero-order valence-corrected chi connectivity index (χ0v) is 19.1. The van der Waals surface area contributed by atoms with Crippen LogP contribution >= 0.6 is 0 Å². The van der Waals surface area contributed by atoms with Crippen LogP contribution in [0, 0.1) is 5.41 Å². The van der Waals surface area contributed by atoms with E-state index in [0.717, 1.165) is 34.0 Å². The number of benzene rings is 2.